The van der Waals surface area contributed by atoms with Crippen LogP contribution in [-0.2, 0) is 13.1 Å². The van der Waals surface area contributed by atoms with Crippen LogP contribution >= 0.6 is 0 Å². The highest BCUT2D eigenvalue weighted by atomic mass is 16.5. The molecule has 31 heavy (non-hydrogen) atoms. The molecule has 0 bridgehead atoms. The molecule has 0 spiro atoms. The number of rotatable bonds is 12. The van der Waals surface area contributed by atoms with Crippen molar-refractivity contribution in [2.75, 3.05) is 26.3 Å². The molecule has 164 valence electrons. The number of guanidine groups is 1. The van der Waals surface area contributed by atoms with Gasteiger partial charge in [-0.2, -0.15) is 5.10 Å². The van der Waals surface area contributed by atoms with Gasteiger partial charge in [0, 0.05) is 44.3 Å². The van der Waals surface area contributed by atoms with Gasteiger partial charge in [0.05, 0.1) is 6.54 Å². The van der Waals surface area contributed by atoms with E-state index in [-0.39, 0.29) is 0 Å². The Bertz CT molecular complexity index is 882. The van der Waals surface area contributed by atoms with Crippen LogP contribution in [0.5, 0.6) is 11.6 Å². The minimum Gasteiger partial charge on any atom is -0.490 e. The third-order valence-corrected chi connectivity index (χ3v) is 4.32. The maximum Gasteiger partial charge on any atom is 0.213 e. The molecule has 0 fully saturated rings. The maximum absolute atomic E-state index is 5.64. The maximum atomic E-state index is 5.64. The van der Waals surface area contributed by atoms with E-state index in [0.29, 0.717) is 25.6 Å². The smallest absolute Gasteiger partial charge is 0.213 e. The number of hydrogen-bond donors (Lipinski definition) is 2. The number of nitrogens with one attached hydrogen (secondary N) is 2. The monoisotopic (exact) mass is 422 g/mol. The molecule has 0 amide bonds. The van der Waals surface area contributed by atoms with Crippen LogP contribution in [0.4, 0.5) is 0 Å². The molecule has 0 saturated heterocycles. The first-order chi connectivity index (χ1) is 15.3. The topological polar surface area (TPSA) is 85.6 Å². The predicted molar refractivity (Wildman–Crippen MR) is 121 cm³/mol. The van der Waals surface area contributed by atoms with Gasteiger partial charge in [-0.15, -0.1) is 0 Å². The largest absolute Gasteiger partial charge is 0.490 e. The number of para-hydroxylation sites is 1. The summed E-state index contributed by atoms with van der Waals surface area (Å²) in [4.78, 5) is 8.98. The second-order valence-corrected chi connectivity index (χ2v) is 6.76. The lowest BCUT2D eigenvalue weighted by Gasteiger charge is -2.11. The Morgan fingerprint density at radius 3 is 2.65 bits per heavy atom. The van der Waals surface area contributed by atoms with E-state index in [2.05, 4.69) is 32.6 Å². The SMILES string of the molecule is CCNC(=NCc1ccc(OCCOc2ccccc2)nc1)NCCCn1cccn1. The first-order valence-electron chi connectivity index (χ1n) is 10.6. The van der Waals surface area contributed by atoms with Gasteiger partial charge in [-0.05, 0) is 37.1 Å². The van der Waals surface area contributed by atoms with E-state index in [1.807, 2.05) is 59.4 Å². The van der Waals surface area contributed by atoms with Crippen LogP contribution in [0.2, 0.25) is 0 Å². The average Bonchev–Trinajstić information content (AvgIpc) is 3.33. The Hall–Kier alpha value is -3.55. The van der Waals surface area contributed by atoms with E-state index >= 15 is 0 Å². The summed E-state index contributed by atoms with van der Waals surface area (Å²) in [5.41, 5.74) is 1.02. The molecule has 0 unspecified atom stereocenters. The Labute approximate surface area is 183 Å². The van der Waals surface area contributed by atoms with Crippen molar-refractivity contribution in [2.24, 2.45) is 4.99 Å². The standard InChI is InChI=1S/C23H30N6O2/c1-2-24-23(25-12-6-14-29-15-7-13-28-29)27-19-20-10-11-22(26-18-20)31-17-16-30-21-8-4-3-5-9-21/h3-5,7-11,13,15,18H,2,6,12,14,16-17,19H2,1H3,(H2,24,25,27). The van der Waals surface area contributed by atoms with Gasteiger partial charge in [0.15, 0.2) is 5.96 Å². The number of nitrogens with zero attached hydrogens (tertiary/aromatic N) is 4. The molecule has 1 aromatic carbocycles. The van der Waals surface area contributed by atoms with Crippen LogP contribution in [0.15, 0.2) is 72.1 Å². The fourth-order valence-corrected chi connectivity index (χ4v) is 2.80. The lowest BCUT2D eigenvalue weighted by atomic mass is 10.3. The number of benzene rings is 1. The molecule has 0 aliphatic carbocycles. The zero-order valence-corrected chi connectivity index (χ0v) is 17.9. The lowest BCUT2D eigenvalue weighted by Crippen LogP contribution is -2.38. The van der Waals surface area contributed by atoms with Crippen molar-refractivity contribution in [1.82, 2.24) is 25.4 Å². The highest BCUT2D eigenvalue weighted by molar-refractivity contribution is 5.79. The van der Waals surface area contributed by atoms with Crippen LogP contribution in [0.1, 0.15) is 18.9 Å². The van der Waals surface area contributed by atoms with Gasteiger partial charge in [0.2, 0.25) is 5.88 Å². The number of hydrogen-bond acceptors (Lipinski definition) is 5. The van der Waals surface area contributed by atoms with Gasteiger partial charge in [-0.1, -0.05) is 24.3 Å². The average molecular weight is 423 g/mol. The van der Waals surface area contributed by atoms with E-state index < -0.39 is 0 Å². The van der Waals surface area contributed by atoms with Gasteiger partial charge in [-0.3, -0.25) is 4.68 Å². The van der Waals surface area contributed by atoms with Gasteiger partial charge >= 0.3 is 0 Å². The quantitative estimate of drug-likeness (QED) is 0.265. The molecule has 3 aromatic rings. The van der Waals surface area contributed by atoms with E-state index in [1.165, 1.54) is 0 Å². The number of aryl methyl sites for hydroxylation is 1. The zero-order valence-electron chi connectivity index (χ0n) is 17.9. The summed E-state index contributed by atoms with van der Waals surface area (Å²) in [5.74, 6) is 2.20. The van der Waals surface area contributed by atoms with E-state index in [9.17, 15) is 0 Å². The highest BCUT2D eigenvalue weighted by Gasteiger charge is 2.01. The zero-order chi connectivity index (χ0) is 21.6. The molecule has 0 saturated carbocycles. The lowest BCUT2D eigenvalue weighted by molar-refractivity contribution is 0.212. The fourth-order valence-electron chi connectivity index (χ4n) is 2.80. The number of pyridine rings is 1. The third kappa shape index (κ3) is 8.38. The van der Waals surface area contributed by atoms with Crippen LogP contribution in [0.25, 0.3) is 0 Å². The van der Waals surface area contributed by atoms with E-state index in [1.54, 1.807) is 12.4 Å². The summed E-state index contributed by atoms with van der Waals surface area (Å²) in [6, 6.07) is 15.4. The normalized spacial score (nSPS) is 11.2. The molecular formula is C23H30N6O2. The summed E-state index contributed by atoms with van der Waals surface area (Å²) in [6.45, 7) is 6.00. The minimum atomic E-state index is 0.437. The Kier molecular flexibility index (Phi) is 9.21. The third-order valence-electron chi connectivity index (χ3n) is 4.32. The number of aromatic nitrogens is 3. The van der Waals surface area contributed by atoms with E-state index in [4.69, 9.17) is 9.47 Å². The van der Waals surface area contributed by atoms with Crippen molar-refractivity contribution in [3.63, 3.8) is 0 Å². The molecule has 2 N–H and O–H groups in total. The molecule has 8 heteroatoms. The van der Waals surface area contributed by atoms with Gasteiger partial charge in [-0.25, -0.2) is 9.98 Å². The summed E-state index contributed by atoms with van der Waals surface area (Å²) in [5, 5.41) is 10.8. The van der Waals surface area contributed by atoms with Crippen molar-refractivity contribution in [3.8, 4) is 11.6 Å². The summed E-state index contributed by atoms with van der Waals surface area (Å²) < 4.78 is 13.2. The molecule has 0 aliphatic heterocycles. The highest BCUT2D eigenvalue weighted by Crippen LogP contribution is 2.10. The molecule has 2 aromatic heterocycles. The summed E-state index contributed by atoms with van der Waals surface area (Å²) in [7, 11) is 0. The minimum absolute atomic E-state index is 0.437. The fraction of sp³-hybridized carbons (Fsp3) is 0.348. The number of aliphatic imine (C=N–C) groups is 1. The van der Waals surface area contributed by atoms with Crippen LogP contribution in [-0.4, -0.2) is 47.0 Å². The van der Waals surface area contributed by atoms with Crippen LogP contribution in [0.3, 0.4) is 0 Å². The van der Waals surface area contributed by atoms with Gasteiger partial charge in [0.25, 0.3) is 0 Å². The van der Waals surface area contributed by atoms with Gasteiger partial charge in [0.1, 0.15) is 19.0 Å². The number of ether oxygens (including phenoxy) is 2. The Morgan fingerprint density at radius 2 is 1.90 bits per heavy atom. The van der Waals surface area contributed by atoms with Crippen molar-refractivity contribution in [2.45, 2.75) is 26.4 Å². The van der Waals surface area contributed by atoms with Crippen molar-refractivity contribution < 1.29 is 9.47 Å². The second kappa shape index (κ2) is 12.9. The van der Waals surface area contributed by atoms with Gasteiger partial charge < -0.3 is 20.1 Å². The van der Waals surface area contributed by atoms with Crippen molar-refractivity contribution in [1.29, 1.82) is 0 Å². The molecule has 0 atom stereocenters. The predicted octanol–water partition coefficient (Wildman–Crippen LogP) is 2.88. The summed E-state index contributed by atoms with van der Waals surface area (Å²) >= 11 is 0. The molecule has 0 aliphatic rings. The molecular weight excluding hydrogens is 392 g/mol. The van der Waals surface area contributed by atoms with Crippen molar-refractivity contribution >= 4 is 5.96 Å². The second-order valence-electron chi connectivity index (χ2n) is 6.76. The first-order valence-corrected chi connectivity index (χ1v) is 10.6. The molecule has 3 rings (SSSR count). The van der Waals surface area contributed by atoms with Crippen molar-refractivity contribution in [3.05, 3.63) is 72.7 Å². The molecule has 2 heterocycles. The first kappa shape index (κ1) is 22.1. The Morgan fingerprint density at radius 1 is 1.03 bits per heavy atom. The Balaban J connectivity index is 1.37. The van der Waals surface area contributed by atoms with Crippen LogP contribution in [0, 0.1) is 0 Å². The van der Waals surface area contributed by atoms with E-state index in [0.717, 1.165) is 43.3 Å². The molecule has 0 radical (unpaired) electrons. The summed E-state index contributed by atoms with van der Waals surface area (Å²) in [6.07, 6.45) is 6.52. The van der Waals surface area contributed by atoms with Crippen LogP contribution < -0.4 is 20.1 Å². The molecule has 8 nitrogen and oxygen atoms in total.